The van der Waals surface area contributed by atoms with Crippen molar-refractivity contribution in [3.63, 3.8) is 0 Å². The molecule has 0 spiro atoms. The Morgan fingerprint density at radius 2 is 1.79 bits per heavy atom. The predicted octanol–water partition coefficient (Wildman–Crippen LogP) is 3.99. The lowest BCUT2D eigenvalue weighted by Gasteiger charge is -2.12. The van der Waals surface area contributed by atoms with Crippen molar-refractivity contribution in [1.82, 2.24) is 19.7 Å². The SMILES string of the molecule is COc1ccc(C(=O)CSc2nnc(-c3ccncc3)n2CC(C)C)cc1OC. The largest absolute Gasteiger partial charge is 0.493 e. The van der Waals surface area contributed by atoms with Crippen LogP contribution < -0.4 is 9.47 Å². The van der Waals surface area contributed by atoms with Crippen molar-refractivity contribution in [2.24, 2.45) is 5.92 Å². The first kappa shape index (κ1) is 20.9. The number of pyridine rings is 1. The number of aromatic nitrogens is 4. The zero-order chi connectivity index (χ0) is 20.8. The van der Waals surface area contributed by atoms with Crippen molar-refractivity contribution in [1.29, 1.82) is 0 Å². The molecule has 0 N–H and O–H groups in total. The molecule has 0 atom stereocenters. The predicted molar refractivity (Wildman–Crippen MR) is 113 cm³/mol. The van der Waals surface area contributed by atoms with Gasteiger partial charge in [0.05, 0.1) is 20.0 Å². The van der Waals surface area contributed by atoms with Crippen LogP contribution in [0.25, 0.3) is 11.4 Å². The number of carbonyl (C=O) groups is 1. The van der Waals surface area contributed by atoms with Gasteiger partial charge in [0.15, 0.2) is 28.3 Å². The minimum Gasteiger partial charge on any atom is -0.493 e. The molecule has 0 aliphatic carbocycles. The second kappa shape index (κ2) is 9.56. The van der Waals surface area contributed by atoms with Crippen LogP contribution in [-0.2, 0) is 6.54 Å². The Morgan fingerprint density at radius 3 is 2.45 bits per heavy atom. The van der Waals surface area contributed by atoms with E-state index in [1.165, 1.54) is 11.8 Å². The summed E-state index contributed by atoms with van der Waals surface area (Å²) >= 11 is 1.38. The Kier molecular flexibility index (Phi) is 6.87. The quantitative estimate of drug-likeness (QED) is 0.388. The molecule has 1 aromatic carbocycles. The molecule has 0 aliphatic heterocycles. The Balaban J connectivity index is 1.80. The molecule has 29 heavy (non-hydrogen) atoms. The van der Waals surface area contributed by atoms with E-state index in [9.17, 15) is 4.79 Å². The van der Waals surface area contributed by atoms with Crippen molar-refractivity contribution in [2.45, 2.75) is 25.5 Å². The normalized spacial score (nSPS) is 10.9. The van der Waals surface area contributed by atoms with Gasteiger partial charge in [0.2, 0.25) is 0 Å². The number of ether oxygens (including phenoxy) is 2. The van der Waals surface area contributed by atoms with Crippen molar-refractivity contribution in [2.75, 3.05) is 20.0 Å². The minimum absolute atomic E-state index is 0.0134. The third kappa shape index (κ3) is 4.95. The lowest BCUT2D eigenvalue weighted by molar-refractivity contribution is 0.102. The highest BCUT2D eigenvalue weighted by Gasteiger charge is 2.18. The van der Waals surface area contributed by atoms with Gasteiger partial charge in [0.1, 0.15) is 0 Å². The molecule has 152 valence electrons. The Bertz CT molecular complexity index is 973. The van der Waals surface area contributed by atoms with E-state index in [-0.39, 0.29) is 11.5 Å². The summed E-state index contributed by atoms with van der Waals surface area (Å²) in [6.45, 7) is 5.04. The lowest BCUT2D eigenvalue weighted by atomic mass is 10.1. The maximum atomic E-state index is 12.7. The average molecular weight is 413 g/mol. The molecule has 0 amide bonds. The number of methoxy groups -OCH3 is 2. The molecule has 0 fully saturated rings. The Hall–Kier alpha value is -2.87. The minimum atomic E-state index is -0.0134. The van der Waals surface area contributed by atoms with Crippen LogP contribution in [0.3, 0.4) is 0 Å². The van der Waals surface area contributed by atoms with Crippen LogP contribution in [0.4, 0.5) is 0 Å². The summed E-state index contributed by atoms with van der Waals surface area (Å²) in [6, 6.07) is 8.99. The second-order valence-electron chi connectivity index (χ2n) is 6.83. The highest BCUT2D eigenvalue weighted by atomic mass is 32.2. The van der Waals surface area contributed by atoms with E-state index >= 15 is 0 Å². The zero-order valence-corrected chi connectivity index (χ0v) is 17.8. The molecule has 2 heterocycles. The number of hydrogen-bond donors (Lipinski definition) is 0. The first-order valence-corrected chi connectivity index (χ1v) is 10.2. The van der Waals surface area contributed by atoms with Crippen LogP contribution in [0.1, 0.15) is 24.2 Å². The summed E-state index contributed by atoms with van der Waals surface area (Å²) in [6.07, 6.45) is 3.47. The topological polar surface area (TPSA) is 79.1 Å². The fourth-order valence-electron chi connectivity index (χ4n) is 2.86. The van der Waals surface area contributed by atoms with E-state index < -0.39 is 0 Å². The van der Waals surface area contributed by atoms with Crippen LogP contribution >= 0.6 is 11.8 Å². The summed E-state index contributed by atoms with van der Waals surface area (Å²) in [5.41, 5.74) is 1.52. The van der Waals surface area contributed by atoms with Gasteiger partial charge in [-0.05, 0) is 36.2 Å². The number of ketones is 1. The van der Waals surface area contributed by atoms with Crippen molar-refractivity contribution >= 4 is 17.5 Å². The standard InChI is InChI=1S/C21H24N4O3S/c1-14(2)12-25-20(15-7-9-22-10-8-15)23-24-21(25)29-13-17(26)16-5-6-18(27-3)19(11-16)28-4/h5-11,14H,12-13H2,1-4H3. The molecule has 0 aliphatic rings. The second-order valence-corrected chi connectivity index (χ2v) is 7.77. The Morgan fingerprint density at radius 1 is 1.07 bits per heavy atom. The molecule has 0 saturated carbocycles. The van der Waals surface area contributed by atoms with Crippen molar-refractivity contribution < 1.29 is 14.3 Å². The molecule has 3 rings (SSSR count). The van der Waals surface area contributed by atoms with E-state index in [1.807, 2.05) is 12.1 Å². The summed E-state index contributed by atoms with van der Waals surface area (Å²) in [4.78, 5) is 16.8. The number of rotatable bonds is 9. The molecule has 0 radical (unpaired) electrons. The molecule has 7 nitrogen and oxygen atoms in total. The number of thioether (sulfide) groups is 1. The summed E-state index contributed by atoms with van der Waals surface area (Å²) in [5, 5.41) is 9.41. The van der Waals surface area contributed by atoms with Gasteiger partial charge in [0.25, 0.3) is 0 Å². The number of hydrogen-bond acceptors (Lipinski definition) is 7. The van der Waals surface area contributed by atoms with E-state index in [4.69, 9.17) is 9.47 Å². The first-order chi connectivity index (χ1) is 14.0. The van der Waals surface area contributed by atoms with E-state index in [2.05, 4.69) is 33.6 Å². The third-order valence-electron chi connectivity index (χ3n) is 4.24. The molecule has 0 bridgehead atoms. The van der Waals surface area contributed by atoms with Crippen LogP contribution in [0.15, 0.2) is 47.9 Å². The van der Waals surface area contributed by atoms with Crippen LogP contribution in [0, 0.1) is 5.92 Å². The molecule has 3 aromatic rings. The highest BCUT2D eigenvalue weighted by Crippen LogP contribution is 2.29. The molecule has 0 saturated heterocycles. The van der Waals surface area contributed by atoms with Crippen molar-refractivity contribution in [3.8, 4) is 22.9 Å². The maximum absolute atomic E-state index is 12.7. The molecular weight excluding hydrogens is 388 g/mol. The highest BCUT2D eigenvalue weighted by molar-refractivity contribution is 7.99. The molecular formula is C21H24N4O3S. The summed E-state index contributed by atoms with van der Waals surface area (Å²) in [7, 11) is 3.12. The van der Waals surface area contributed by atoms with Gasteiger partial charge >= 0.3 is 0 Å². The number of benzene rings is 1. The summed E-state index contributed by atoms with van der Waals surface area (Å²) < 4.78 is 12.6. The van der Waals surface area contributed by atoms with Gasteiger partial charge in [-0.1, -0.05) is 25.6 Å². The van der Waals surface area contributed by atoms with Gasteiger partial charge in [-0.15, -0.1) is 10.2 Å². The fraction of sp³-hybridized carbons (Fsp3) is 0.333. The zero-order valence-electron chi connectivity index (χ0n) is 17.0. The van der Waals surface area contributed by atoms with E-state index in [0.29, 0.717) is 23.0 Å². The third-order valence-corrected chi connectivity index (χ3v) is 5.21. The molecule has 2 aromatic heterocycles. The number of nitrogens with zero attached hydrogens (tertiary/aromatic N) is 4. The molecule has 8 heteroatoms. The van der Waals surface area contributed by atoms with Gasteiger partial charge in [-0.25, -0.2) is 0 Å². The fourth-order valence-corrected chi connectivity index (χ4v) is 3.71. The van der Waals surface area contributed by atoms with Gasteiger partial charge in [-0.2, -0.15) is 0 Å². The van der Waals surface area contributed by atoms with Gasteiger partial charge in [0, 0.05) is 30.1 Å². The van der Waals surface area contributed by atoms with Crippen molar-refractivity contribution in [3.05, 3.63) is 48.3 Å². The maximum Gasteiger partial charge on any atom is 0.191 e. The Labute approximate surface area is 174 Å². The smallest absolute Gasteiger partial charge is 0.191 e. The van der Waals surface area contributed by atoms with Gasteiger partial charge in [-0.3, -0.25) is 9.78 Å². The van der Waals surface area contributed by atoms with Crippen LogP contribution in [0.2, 0.25) is 0 Å². The monoisotopic (exact) mass is 412 g/mol. The van der Waals surface area contributed by atoms with E-state index in [0.717, 1.165) is 23.1 Å². The average Bonchev–Trinajstić information content (AvgIpc) is 3.13. The number of carbonyl (C=O) groups excluding carboxylic acids is 1. The molecule has 0 unspecified atom stereocenters. The van der Waals surface area contributed by atoms with Crippen LogP contribution in [-0.4, -0.2) is 45.5 Å². The first-order valence-electron chi connectivity index (χ1n) is 9.25. The van der Waals surface area contributed by atoms with E-state index in [1.54, 1.807) is 44.8 Å². The number of Topliss-reactive ketones (excluding diaryl/α,β-unsaturated/α-hetero) is 1. The van der Waals surface area contributed by atoms with Crippen LogP contribution in [0.5, 0.6) is 11.5 Å². The summed E-state index contributed by atoms with van der Waals surface area (Å²) in [5.74, 6) is 2.55. The van der Waals surface area contributed by atoms with Gasteiger partial charge < -0.3 is 14.0 Å². The lowest BCUT2D eigenvalue weighted by Crippen LogP contribution is -2.09.